The van der Waals surface area contributed by atoms with Gasteiger partial charge in [0, 0.05) is 5.46 Å². The number of benzene rings is 1. The maximum Gasteiger partial charge on any atom is 0.491 e. The highest BCUT2D eigenvalue weighted by atomic mass is 79.9. The van der Waals surface area contributed by atoms with E-state index in [1.54, 1.807) is 0 Å². The van der Waals surface area contributed by atoms with Crippen molar-refractivity contribution in [3.05, 3.63) is 22.2 Å². The van der Waals surface area contributed by atoms with E-state index >= 15 is 0 Å². The largest absolute Gasteiger partial charge is 0.491 e. The first-order valence-electron chi connectivity index (χ1n) is 3.56. The van der Waals surface area contributed by atoms with E-state index in [1.807, 2.05) is 0 Å². The molecule has 0 spiro atoms. The van der Waals surface area contributed by atoms with Gasteiger partial charge in [-0.15, -0.1) is 11.8 Å². The summed E-state index contributed by atoms with van der Waals surface area (Å²) in [6.45, 7) is 0. The molecule has 0 aromatic heterocycles. The molecule has 14 heavy (non-hydrogen) atoms. The Bertz CT molecular complexity index is 362. The minimum Gasteiger partial charge on any atom is -0.423 e. The average molecular weight is 283 g/mol. The van der Waals surface area contributed by atoms with Crippen LogP contribution in [0.3, 0.4) is 0 Å². The number of thioether (sulfide) groups is 1. The van der Waals surface area contributed by atoms with Crippen LogP contribution in [0.25, 0.3) is 0 Å². The van der Waals surface area contributed by atoms with Crippen molar-refractivity contribution < 1.29 is 18.8 Å². The molecule has 0 amide bonds. The van der Waals surface area contributed by atoms with Crippen molar-refractivity contribution >= 4 is 40.3 Å². The van der Waals surface area contributed by atoms with Gasteiger partial charge in [0.25, 0.3) is 0 Å². The fraction of sp³-hybridized carbons (Fsp3) is 0.143. The maximum absolute atomic E-state index is 13.4. The number of hydrogen-bond donors (Lipinski definition) is 2. The molecule has 0 atom stereocenters. The molecule has 0 radical (unpaired) electrons. The predicted octanol–water partition coefficient (Wildman–Crippen LogP) is 1.13. The predicted molar refractivity (Wildman–Crippen MR) is 55.7 cm³/mol. The molecule has 1 aromatic carbocycles. The molecule has 7 heteroatoms. The van der Waals surface area contributed by atoms with Gasteiger partial charge in [-0.3, -0.25) is 0 Å². The highest BCUT2D eigenvalue weighted by Crippen LogP contribution is 2.27. The Kier molecular flexibility index (Phi) is 3.94. The lowest BCUT2D eigenvalue weighted by Gasteiger charge is -2.08. The average Bonchev–Trinajstić information content (AvgIpc) is 2.12. The summed E-state index contributed by atoms with van der Waals surface area (Å²) in [4.78, 5) is -0.234. The van der Waals surface area contributed by atoms with Crippen LogP contribution in [0, 0.1) is 11.6 Å². The summed E-state index contributed by atoms with van der Waals surface area (Å²) in [5.74, 6) is -1.67. The Morgan fingerprint density at radius 2 is 1.93 bits per heavy atom. The third kappa shape index (κ3) is 2.11. The second kappa shape index (κ2) is 4.61. The molecule has 76 valence electrons. The Hall–Kier alpha value is -0.105. The second-order valence-corrected chi connectivity index (χ2v) is 4.15. The van der Waals surface area contributed by atoms with Gasteiger partial charge in [-0.1, -0.05) is 0 Å². The van der Waals surface area contributed by atoms with Gasteiger partial charge in [0.2, 0.25) is 0 Å². The van der Waals surface area contributed by atoms with E-state index in [0.29, 0.717) is 0 Å². The molecule has 0 saturated heterocycles. The lowest BCUT2D eigenvalue weighted by atomic mass is 9.80. The minimum absolute atomic E-state index is 0.00588. The first kappa shape index (κ1) is 12.0. The van der Waals surface area contributed by atoms with Crippen LogP contribution in [-0.2, 0) is 0 Å². The minimum atomic E-state index is -1.95. The van der Waals surface area contributed by atoms with Gasteiger partial charge < -0.3 is 10.0 Å². The van der Waals surface area contributed by atoms with Crippen LogP contribution in [0.4, 0.5) is 8.78 Å². The lowest BCUT2D eigenvalue weighted by Crippen LogP contribution is -2.33. The second-order valence-electron chi connectivity index (χ2n) is 2.48. The van der Waals surface area contributed by atoms with E-state index in [-0.39, 0.29) is 14.8 Å². The molecule has 0 unspecified atom stereocenters. The molecule has 0 fully saturated rings. The van der Waals surface area contributed by atoms with Gasteiger partial charge in [-0.2, -0.15) is 0 Å². The van der Waals surface area contributed by atoms with Crippen LogP contribution in [0.2, 0.25) is 0 Å². The quantitative estimate of drug-likeness (QED) is 0.485. The topological polar surface area (TPSA) is 40.5 Å². The molecule has 2 N–H and O–H groups in total. The number of hydrogen-bond acceptors (Lipinski definition) is 3. The fourth-order valence-corrected chi connectivity index (χ4v) is 2.13. The molecule has 0 heterocycles. The van der Waals surface area contributed by atoms with E-state index in [4.69, 9.17) is 10.0 Å². The number of halogens is 3. The van der Waals surface area contributed by atoms with Gasteiger partial charge >= 0.3 is 7.12 Å². The van der Waals surface area contributed by atoms with Crippen LogP contribution in [-0.4, -0.2) is 23.4 Å². The third-order valence-corrected chi connectivity index (χ3v) is 2.97. The van der Waals surface area contributed by atoms with Crippen molar-refractivity contribution in [1.82, 2.24) is 0 Å². The Labute approximate surface area is 92.6 Å². The fourth-order valence-electron chi connectivity index (χ4n) is 0.966. The van der Waals surface area contributed by atoms with Gasteiger partial charge in [-0.25, -0.2) is 8.78 Å². The van der Waals surface area contributed by atoms with Crippen LogP contribution in [0.5, 0.6) is 0 Å². The van der Waals surface area contributed by atoms with Crippen molar-refractivity contribution in [3.63, 3.8) is 0 Å². The van der Waals surface area contributed by atoms with Crippen molar-refractivity contribution in [1.29, 1.82) is 0 Å². The van der Waals surface area contributed by atoms with E-state index in [9.17, 15) is 8.78 Å². The molecular weight excluding hydrogens is 277 g/mol. The summed E-state index contributed by atoms with van der Waals surface area (Å²) in [6.07, 6.45) is 1.50. The van der Waals surface area contributed by atoms with Gasteiger partial charge in [0.05, 0.1) is 9.37 Å². The van der Waals surface area contributed by atoms with Crippen LogP contribution in [0.15, 0.2) is 15.4 Å². The standard InChI is InChI=1S/C7H6BBrF2O2S/c1-14-7-5(10)3(8(12)13)2-4(9)6(7)11/h2,12-13H,1H3. The monoisotopic (exact) mass is 282 g/mol. The van der Waals surface area contributed by atoms with Crippen LogP contribution < -0.4 is 5.46 Å². The molecular formula is C7H6BBrF2O2S. The Balaban J connectivity index is 3.42. The van der Waals surface area contributed by atoms with Crippen molar-refractivity contribution in [3.8, 4) is 0 Å². The zero-order valence-corrected chi connectivity index (χ0v) is 9.49. The van der Waals surface area contributed by atoms with Gasteiger partial charge in [0.15, 0.2) is 5.82 Å². The van der Waals surface area contributed by atoms with Gasteiger partial charge in [-0.05, 0) is 28.3 Å². The molecule has 0 aliphatic rings. The first-order valence-corrected chi connectivity index (χ1v) is 5.58. The molecule has 0 bridgehead atoms. The summed E-state index contributed by atoms with van der Waals surface area (Å²) >= 11 is 3.73. The van der Waals surface area contributed by atoms with Crippen molar-refractivity contribution in [2.75, 3.05) is 6.26 Å². The highest BCUT2D eigenvalue weighted by Gasteiger charge is 2.23. The summed E-state index contributed by atoms with van der Waals surface area (Å²) in [7, 11) is -1.95. The smallest absolute Gasteiger partial charge is 0.423 e. The Morgan fingerprint density at radius 1 is 1.36 bits per heavy atom. The van der Waals surface area contributed by atoms with E-state index in [2.05, 4.69) is 15.9 Å². The van der Waals surface area contributed by atoms with E-state index in [1.165, 1.54) is 6.26 Å². The SMILES string of the molecule is CSc1c(F)c(Br)cc(B(O)O)c1F. The summed E-state index contributed by atoms with van der Waals surface area (Å²) in [5.41, 5.74) is -0.345. The molecule has 0 aliphatic heterocycles. The third-order valence-electron chi connectivity index (χ3n) is 1.63. The van der Waals surface area contributed by atoms with Crippen LogP contribution >= 0.6 is 27.7 Å². The summed E-state index contributed by atoms with van der Waals surface area (Å²) < 4.78 is 26.6. The van der Waals surface area contributed by atoms with E-state index < -0.39 is 18.8 Å². The normalized spacial score (nSPS) is 10.4. The summed E-state index contributed by atoms with van der Waals surface area (Å²) in [6, 6.07) is 1.01. The van der Waals surface area contributed by atoms with Crippen molar-refractivity contribution in [2.45, 2.75) is 4.90 Å². The summed E-state index contributed by atoms with van der Waals surface area (Å²) in [5, 5.41) is 17.6. The Morgan fingerprint density at radius 3 is 2.36 bits per heavy atom. The molecule has 2 nitrogen and oxygen atoms in total. The molecule has 1 rings (SSSR count). The first-order chi connectivity index (χ1) is 6.49. The molecule has 0 saturated carbocycles. The molecule has 1 aromatic rings. The van der Waals surface area contributed by atoms with Crippen LogP contribution in [0.1, 0.15) is 0 Å². The zero-order chi connectivity index (χ0) is 10.9. The maximum atomic E-state index is 13.4. The molecule has 0 aliphatic carbocycles. The lowest BCUT2D eigenvalue weighted by molar-refractivity contribution is 0.421. The van der Waals surface area contributed by atoms with Gasteiger partial charge in [0.1, 0.15) is 5.82 Å². The zero-order valence-electron chi connectivity index (χ0n) is 7.09. The van der Waals surface area contributed by atoms with Crippen molar-refractivity contribution in [2.24, 2.45) is 0 Å². The van der Waals surface area contributed by atoms with E-state index in [0.717, 1.165) is 17.8 Å². The number of rotatable bonds is 2. The highest BCUT2D eigenvalue weighted by molar-refractivity contribution is 9.10.